The lowest BCUT2D eigenvalue weighted by molar-refractivity contribution is 0.0532. The Morgan fingerprint density at radius 1 is 1.06 bits per heavy atom. The molecule has 1 heterocycles. The third kappa shape index (κ3) is 1.29. The van der Waals surface area contributed by atoms with E-state index in [4.69, 9.17) is 14.2 Å². The second-order valence-corrected chi connectivity index (χ2v) is 4.04. The number of hydrogen-bond acceptors (Lipinski definition) is 4. The highest BCUT2D eigenvalue weighted by Crippen LogP contribution is 2.43. The molecule has 0 radical (unpaired) electrons. The quantitative estimate of drug-likeness (QED) is 0.761. The van der Waals surface area contributed by atoms with Crippen LogP contribution in [0, 0.1) is 0 Å². The van der Waals surface area contributed by atoms with Crippen molar-refractivity contribution in [3.05, 3.63) is 35.4 Å². The Morgan fingerprint density at radius 3 is 2.28 bits per heavy atom. The van der Waals surface area contributed by atoms with Crippen LogP contribution in [0.25, 0.3) is 10.8 Å². The van der Waals surface area contributed by atoms with Gasteiger partial charge in [-0.05, 0) is 0 Å². The van der Waals surface area contributed by atoms with E-state index in [0.29, 0.717) is 17.1 Å². The molecule has 92 valence electrons. The molecule has 0 N–H and O–H groups in total. The molecule has 0 unspecified atom stereocenters. The van der Waals surface area contributed by atoms with E-state index in [-0.39, 0.29) is 12.6 Å². The fourth-order valence-corrected chi connectivity index (χ4v) is 2.44. The van der Waals surface area contributed by atoms with Gasteiger partial charge in [-0.2, -0.15) is 0 Å². The van der Waals surface area contributed by atoms with Gasteiger partial charge >= 0.3 is 5.97 Å². The normalized spacial score (nSPS) is 13.3. The number of esters is 1. The molecule has 4 heteroatoms. The van der Waals surface area contributed by atoms with Crippen molar-refractivity contribution in [2.75, 3.05) is 14.2 Å². The van der Waals surface area contributed by atoms with Crippen molar-refractivity contribution in [3.8, 4) is 11.5 Å². The number of hydrogen-bond donors (Lipinski definition) is 0. The maximum atomic E-state index is 11.8. The van der Waals surface area contributed by atoms with Gasteiger partial charge in [0, 0.05) is 10.8 Å². The maximum absolute atomic E-state index is 11.8. The van der Waals surface area contributed by atoms with Gasteiger partial charge in [-0.15, -0.1) is 0 Å². The summed E-state index contributed by atoms with van der Waals surface area (Å²) in [5, 5.41) is 1.78. The highest BCUT2D eigenvalue weighted by atomic mass is 16.5. The summed E-state index contributed by atoms with van der Waals surface area (Å²) in [7, 11) is 3.15. The van der Waals surface area contributed by atoms with E-state index in [9.17, 15) is 4.79 Å². The second kappa shape index (κ2) is 3.91. The summed E-state index contributed by atoms with van der Waals surface area (Å²) in [6.45, 7) is 0.235. The Kier molecular flexibility index (Phi) is 2.37. The molecule has 1 aliphatic rings. The van der Waals surface area contributed by atoms with E-state index in [0.717, 1.165) is 16.3 Å². The summed E-state index contributed by atoms with van der Waals surface area (Å²) in [4.78, 5) is 11.8. The van der Waals surface area contributed by atoms with Crippen molar-refractivity contribution in [1.29, 1.82) is 0 Å². The predicted octanol–water partition coefficient (Wildman–Crippen LogP) is 2.53. The van der Waals surface area contributed by atoms with Crippen LogP contribution in [0.5, 0.6) is 11.5 Å². The number of carbonyl (C=O) groups is 1. The summed E-state index contributed by atoms with van der Waals surface area (Å²) in [5.41, 5.74) is 1.24. The van der Waals surface area contributed by atoms with E-state index in [2.05, 4.69) is 0 Å². The minimum atomic E-state index is -0.356. The number of ether oxygens (including phenoxy) is 3. The minimum Gasteiger partial charge on any atom is -0.496 e. The van der Waals surface area contributed by atoms with Crippen LogP contribution in [0.1, 0.15) is 15.9 Å². The first kappa shape index (κ1) is 10.9. The zero-order chi connectivity index (χ0) is 12.7. The molecule has 0 aliphatic carbocycles. The first-order chi connectivity index (χ1) is 8.77. The van der Waals surface area contributed by atoms with Crippen molar-refractivity contribution >= 4 is 16.7 Å². The fourth-order valence-electron chi connectivity index (χ4n) is 2.44. The summed E-state index contributed by atoms with van der Waals surface area (Å²) >= 11 is 0. The number of rotatable bonds is 2. The van der Waals surface area contributed by atoms with Crippen molar-refractivity contribution < 1.29 is 19.0 Å². The van der Waals surface area contributed by atoms with E-state index in [1.54, 1.807) is 14.2 Å². The van der Waals surface area contributed by atoms with Crippen LogP contribution in [0.2, 0.25) is 0 Å². The standard InChI is InChI=1S/C14H12O4/c1-16-12-8-5-3-4-6-9(8)13(17-2)11-10(12)7-18-14(11)15/h3-6H,7H2,1-2H3. The average Bonchev–Trinajstić information content (AvgIpc) is 2.78. The van der Waals surface area contributed by atoms with Gasteiger partial charge in [0.25, 0.3) is 0 Å². The van der Waals surface area contributed by atoms with Crippen LogP contribution < -0.4 is 9.47 Å². The van der Waals surface area contributed by atoms with Gasteiger partial charge in [0.1, 0.15) is 23.7 Å². The zero-order valence-corrected chi connectivity index (χ0v) is 10.1. The van der Waals surface area contributed by atoms with Gasteiger partial charge in [-0.3, -0.25) is 0 Å². The Bertz CT molecular complexity index is 646. The molecule has 0 spiro atoms. The lowest BCUT2D eigenvalue weighted by Crippen LogP contribution is -2.01. The first-order valence-electron chi connectivity index (χ1n) is 5.60. The van der Waals surface area contributed by atoms with Gasteiger partial charge in [0.2, 0.25) is 0 Å². The highest BCUT2D eigenvalue weighted by Gasteiger charge is 2.31. The number of carbonyl (C=O) groups excluding carboxylic acids is 1. The SMILES string of the molecule is COc1c2c(c(OC)c3ccccc13)C(=O)OC2. The molecule has 1 aliphatic heterocycles. The largest absolute Gasteiger partial charge is 0.496 e. The Hall–Kier alpha value is -2.23. The molecule has 0 fully saturated rings. The second-order valence-electron chi connectivity index (χ2n) is 4.04. The number of fused-ring (bicyclic) bond motifs is 2. The number of methoxy groups -OCH3 is 2. The highest BCUT2D eigenvalue weighted by molar-refractivity contribution is 6.07. The number of cyclic esters (lactones) is 1. The molecular weight excluding hydrogens is 232 g/mol. The molecule has 0 saturated heterocycles. The molecule has 4 nitrogen and oxygen atoms in total. The summed E-state index contributed by atoms with van der Waals surface area (Å²) < 4.78 is 15.9. The minimum absolute atomic E-state index is 0.235. The molecule has 0 atom stereocenters. The van der Waals surface area contributed by atoms with E-state index in [1.807, 2.05) is 24.3 Å². The molecule has 0 saturated carbocycles. The lowest BCUT2D eigenvalue weighted by Gasteiger charge is -2.13. The molecule has 0 amide bonds. The van der Waals surface area contributed by atoms with Crippen molar-refractivity contribution in [2.24, 2.45) is 0 Å². The van der Waals surface area contributed by atoms with Gasteiger partial charge in [-0.1, -0.05) is 24.3 Å². The van der Waals surface area contributed by atoms with Crippen LogP contribution >= 0.6 is 0 Å². The number of benzene rings is 2. The summed E-state index contributed by atoms with van der Waals surface area (Å²) in [6.07, 6.45) is 0. The molecular formula is C14H12O4. The van der Waals surface area contributed by atoms with Crippen LogP contribution in [-0.2, 0) is 11.3 Å². The molecule has 0 aromatic heterocycles. The van der Waals surface area contributed by atoms with Crippen LogP contribution in [0.15, 0.2) is 24.3 Å². The first-order valence-corrected chi connectivity index (χ1v) is 5.60. The zero-order valence-electron chi connectivity index (χ0n) is 10.1. The molecule has 0 bridgehead atoms. The Morgan fingerprint density at radius 2 is 1.67 bits per heavy atom. The van der Waals surface area contributed by atoms with E-state index in [1.165, 1.54) is 0 Å². The lowest BCUT2D eigenvalue weighted by atomic mass is 9.99. The molecule has 18 heavy (non-hydrogen) atoms. The van der Waals surface area contributed by atoms with Gasteiger partial charge in [0.05, 0.1) is 19.8 Å². The molecule has 2 aromatic rings. The van der Waals surface area contributed by atoms with Gasteiger partial charge in [0.15, 0.2) is 0 Å². The monoisotopic (exact) mass is 244 g/mol. The van der Waals surface area contributed by atoms with Crippen LogP contribution in [0.4, 0.5) is 0 Å². The van der Waals surface area contributed by atoms with E-state index < -0.39 is 0 Å². The van der Waals surface area contributed by atoms with Gasteiger partial charge in [-0.25, -0.2) is 4.79 Å². The molecule has 2 aromatic carbocycles. The smallest absolute Gasteiger partial charge is 0.342 e. The topological polar surface area (TPSA) is 44.8 Å². The summed E-state index contributed by atoms with van der Waals surface area (Å²) in [5.74, 6) is 0.891. The maximum Gasteiger partial charge on any atom is 0.342 e. The summed E-state index contributed by atoms with van der Waals surface area (Å²) in [6, 6.07) is 7.67. The van der Waals surface area contributed by atoms with Gasteiger partial charge < -0.3 is 14.2 Å². The van der Waals surface area contributed by atoms with Crippen LogP contribution in [-0.4, -0.2) is 20.2 Å². The predicted molar refractivity (Wildman–Crippen MR) is 66.2 cm³/mol. The van der Waals surface area contributed by atoms with E-state index >= 15 is 0 Å². The molecule has 3 rings (SSSR count). The van der Waals surface area contributed by atoms with Crippen molar-refractivity contribution in [3.63, 3.8) is 0 Å². The van der Waals surface area contributed by atoms with Crippen molar-refractivity contribution in [2.45, 2.75) is 6.61 Å². The third-order valence-electron chi connectivity index (χ3n) is 3.18. The Labute approximate surface area is 104 Å². The average molecular weight is 244 g/mol. The van der Waals surface area contributed by atoms with Crippen molar-refractivity contribution in [1.82, 2.24) is 0 Å². The fraction of sp³-hybridized carbons (Fsp3) is 0.214. The Balaban J connectivity index is 2.50. The van der Waals surface area contributed by atoms with Crippen LogP contribution in [0.3, 0.4) is 0 Å². The third-order valence-corrected chi connectivity index (χ3v) is 3.18.